The Bertz CT molecular complexity index is 846. The van der Waals surface area contributed by atoms with Crippen molar-refractivity contribution in [3.8, 4) is 0 Å². The van der Waals surface area contributed by atoms with Crippen molar-refractivity contribution in [2.24, 2.45) is 11.7 Å². The number of hydrogen-bond acceptors (Lipinski definition) is 7. The van der Waals surface area contributed by atoms with Crippen LogP contribution in [0, 0.1) is 5.92 Å². The second-order valence-corrected chi connectivity index (χ2v) is 7.77. The van der Waals surface area contributed by atoms with Gasteiger partial charge in [0.15, 0.2) is 0 Å². The molecule has 0 bridgehead atoms. The van der Waals surface area contributed by atoms with Crippen LogP contribution >= 0.6 is 0 Å². The van der Waals surface area contributed by atoms with Gasteiger partial charge in [-0.1, -0.05) is 44.2 Å². The van der Waals surface area contributed by atoms with Gasteiger partial charge < -0.3 is 37.0 Å². The molecule has 0 fully saturated rings. The third-order valence-electron chi connectivity index (χ3n) is 4.69. The normalized spacial score (nSPS) is 14.5. The maximum Gasteiger partial charge on any atom is 0.326 e. The van der Waals surface area contributed by atoms with Gasteiger partial charge in [0.05, 0.1) is 13.0 Å². The van der Waals surface area contributed by atoms with Gasteiger partial charge in [0.1, 0.15) is 24.2 Å². The summed E-state index contributed by atoms with van der Waals surface area (Å²) in [7, 11) is 0. The lowest BCUT2D eigenvalue weighted by molar-refractivity contribution is -0.144. The Morgan fingerprint density at radius 1 is 0.879 bits per heavy atom. The van der Waals surface area contributed by atoms with Crippen molar-refractivity contribution < 1.29 is 39.3 Å². The van der Waals surface area contributed by atoms with Gasteiger partial charge in [0.2, 0.25) is 17.7 Å². The summed E-state index contributed by atoms with van der Waals surface area (Å²) in [6.07, 6.45) is -0.827. The van der Waals surface area contributed by atoms with Crippen LogP contribution in [0.5, 0.6) is 0 Å². The van der Waals surface area contributed by atoms with E-state index in [0.717, 1.165) is 0 Å². The van der Waals surface area contributed by atoms with E-state index in [1.807, 2.05) is 0 Å². The second-order valence-electron chi connectivity index (χ2n) is 7.77. The molecule has 33 heavy (non-hydrogen) atoms. The van der Waals surface area contributed by atoms with E-state index in [1.54, 1.807) is 44.2 Å². The molecule has 0 saturated heterocycles. The van der Waals surface area contributed by atoms with Gasteiger partial charge in [-0.25, -0.2) is 4.79 Å². The van der Waals surface area contributed by atoms with Gasteiger partial charge in [-0.15, -0.1) is 0 Å². The van der Waals surface area contributed by atoms with E-state index in [2.05, 4.69) is 16.0 Å². The lowest BCUT2D eigenvalue weighted by Crippen LogP contribution is -2.58. The lowest BCUT2D eigenvalue weighted by atomic mass is 10.0. The third-order valence-corrected chi connectivity index (χ3v) is 4.69. The predicted octanol–water partition coefficient (Wildman–Crippen LogP) is -1.78. The van der Waals surface area contributed by atoms with E-state index in [-0.39, 0.29) is 6.42 Å². The average molecular weight is 466 g/mol. The Hall–Kier alpha value is -3.51. The molecule has 12 heteroatoms. The van der Waals surface area contributed by atoms with Crippen LogP contribution in [0.4, 0.5) is 0 Å². The minimum atomic E-state index is -1.60. The molecule has 0 aliphatic heterocycles. The van der Waals surface area contributed by atoms with Crippen molar-refractivity contribution in [1.29, 1.82) is 0 Å². The number of carboxylic acid groups (broad SMARTS) is 2. The highest BCUT2D eigenvalue weighted by atomic mass is 16.4. The Morgan fingerprint density at radius 2 is 1.42 bits per heavy atom. The Labute approximate surface area is 190 Å². The first-order chi connectivity index (χ1) is 15.5. The fourth-order valence-corrected chi connectivity index (χ4v) is 2.84. The first kappa shape index (κ1) is 27.5. The van der Waals surface area contributed by atoms with Crippen molar-refractivity contribution in [3.63, 3.8) is 0 Å². The van der Waals surface area contributed by atoms with Crippen LogP contribution in [0.1, 0.15) is 25.8 Å². The molecule has 182 valence electrons. The van der Waals surface area contributed by atoms with Crippen molar-refractivity contribution in [3.05, 3.63) is 35.9 Å². The summed E-state index contributed by atoms with van der Waals surface area (Å²) in [4.78, 5) is 60.3. The smallest absolute Gasteiger partial charge is 0.326 e. The summed E-state index contributed by atoms with van der Waals surface area (Å²) in [5.74, 6) is -5.92. The molecular weight excluding hydrogens is 436 g/mol. The van der Waals surface area contributed by atoms with Crippen LogP contribution < -0.4 is 21.7 Å². The first-order valence-electron chi connectivity index (χ1n) is 10.2. The van der Waals surface area contributed by atoms with Gasteiger partial charge in [0, 0.05) is 6.42 Å². The molecule has 0 aliphatic rings. The molecular formula is C21H30N4O8. The summed E-state index contributed by atoms with van der Waals surface area (Å²) in [6, 6.07) is 3.12. The van der Waals surface area contributed by atoms with E-state index in [9.17, 15) is 29.1 Å². The molecule has 4 unspecified atom stereocenters. The van der Waals surface area contributed by atoms with E-state index < -0.39 is 72.8 Å². The zero-order valence-corrected chi connectivity index (χ0v) is 18.4. The highest BCUT2D eigenvalue weighted by molar-refractivity contribution is 5.95. The molecule has 12 nitrogen and oxygen atoms in total. The monoisotopic (exact) mass is 466 g/mol. The van der Waals surface area contributed by atoms with E-state index >= 15 is 0 Å². The predicted molar refractivity (Wildman–Crippen MR) is 116 cm³/mol. The number of carboxylic acids is 2. The SMILES string of the molecule is CC(C)C(NC(=O)C(CC(=O)O)NC(=O)C(Cc1ccccc1)NC(=O)C(N)CO)C(=O)O. The molecule has 0 aromatic heterocycles. The topological polar surface area (TPSA) is 208 Å². The van der Waals surface area contributed by atoms with Crippen LogP contribution in [0.15, 0.2) is 30.3 Å². The van der Waals surface area contributed by atoms with E-state index in [1.165, 1.54) is 0 Å². The summed E-state index contributed by atoms with van der Waals surface area (Å²) in [5, 5.41) is 34.4. The van der Waals surface area contributed by atoms with Crippen LogP contribution in [-0.4, -0.2) is 75.8 Å². The molecule has 1 rings (SSSR count). The first-order valence-corrected chi connectivity index (χ1v) is 10.2. The van der Waals surface area contributed by atoms with Crippen molar-refractivity contribution in [2.75, 3.05) is 6.61 Å². The standard InChI is InChI=1S/C21H30N4O8/c1-11(2)17(21(32)33)25-20(31)15(9-16(27)28)24-19(30)14(23-18(29)13(22)10-26)8-12-6-4-3-5-7-12/h3-7,11,13-15,17,26H,8-10,22H2,1-2H3,(H,23,29)(H,24,30)(H,25,31)(H,27,28)(H,32,33). The quantitative estimate of drug-likeness (QED) is 0.175. The zero-order valence-electron chi connectivity index (χ0n) is 18.4. The van der Waals surface area contributed by atoms with Gasteiger partial charge in [-0.2, -0.15) is 0 Å². The Kier molecular flexibility index (Phi) is 11.0. The van der Waals surface area contributed by atoms with Crippen molar-refractivity contribution in [1.82, 2.24) is 16.0 Å². The molecule has 0 heterocycles. The number of aliphatic carboxylic acids is 2. The molecule has 0 spiro atoms. The largest absolute Gasteiger partial charge is 0.481 e. The number of nitrogens with two attached hydrogens (primary N) is 1. The number of rotatable bonds is 13. The van der Waals surface area contributed by atoms with Gasteiger partial charge in [-0.05, 0) is 11.5 Å². The van der Waals surface area contributed by atoms with Gasteiger partial charge in [0.25, 0.3) is 0 Å². The fourth-order valence-electron chi connectivity index (χ4n) is 2.84. The zero-order chi connectivity index (χ0) is 25.1. The minimum Gasteiger partial charge on any atom is -0.481 e. The number of aliphatic hydroxyl groups is 1. The molecule has 0 saturated carbocycles. The third kappa shape index (κ3) is 9.25. The molecule has 0 aliphatic carbocycles. The summed E-state index contributed by atoms with van der Waals surface area (Å²) in [5.41, 5.74) is 6.15. The molecule has 8 N–H and O–H groups in total. The van der Waals surface area contributed by atoms with Gasteiger partial charge >= 0.3 is 11.9 Å². The average Bonchev–Trinajstić information content (AvgIpc) is 2.75. The van der Waals surface area contributed by atoms with Crippen LogP contribution in [-0.2, 0) is 30.4 Å². The summed E-state index contributed by atoms with van der Waals surface area (Å²) < 4.78 is 0. The number of benzene rings is 1. The van der Waals surface area contributed by atoms with Gasteiger partial charge in [-0.3, -0.25) is 19.2 Å². The number of carbonyl (C=O) groups excluding carboxylic acids is 3. The lowest BCUT2D eigenvalue weighted by Gasteiger charge is -2.25. The maximum atomic E-state index is 12.9. The molecule has 4 atom stereocenters. The van der Waals surface area contributed by atoms with Crippen molar-refractivity contribution in [2.45, 2.75) is 50.9 Å². The van der Waals surface area contributed by atoms with E-state index in [4.69, 9.17) is 15.9 Å². The van der Waals surface area contributed by atoms with Crippen LogP contribution in [0.25, 0.3) is 0 Å². The van der Waals surface area contributed by atoms with Crippen LogP contribution in [0.3, 0.4) is 0 Å². The Balaban J connectivity index is 3.09. The number of nitrogens with one attached hydrogen (secondary N) is 3. The molecule has 1 aromatic carbocycles. The van der Waals surface area contributed by atoms with Crippen molar-refractivity contribution >= 4 is 29.7 Å². The number of carbonyl (C=O) groups is 5. The Morgan fingerprint density at radius 3 is 1.91 bits per heavy atom. The maximum absolute atomic E-state index is 12.9. The molecule has 3 amide bonds. The van der Waals surface area contributed by atoms with E-state index in [0.29, 0.717) is 5.56 Å². The fraction of sp³-hybridized carbons (Fsp3) is 0.476. The minimum absolute atomic E-state index is 0.0122. The highest BCUT2D eigenvalue weighted by Gasteiger charge is 2.32. The second kappa shape index (κ2) is 13.1. The number of amides is 3. The molecule has 0 radical (unpaired) electrons. The molecule has 1 aromatic rings. The number of aliphatic hydroxyl groups excluding tert-OH is 1. The summed E-state index contributed by atoms with van der Waals surface area (Å²) in [6.45, 7) is 2.45. The van der Waals surface area contributed by atoms with Crippen LogP contribution in [0.2, 0.25) is 0 Å². The summed E-state index contributed by atoms with van der Waals surface area (Å²) >= 11 is 0. The number of hydrogen-bond donors (Lipinski definition) is 7. The highest BCUT2D eigenvalue weighted by Crippen LogP contribution is 2.07.